The normalized spacial score (nSPS) is 10.9. The third kappa shape index (κ3) is 6.03. The fourth-order valence-electron chi connectivity index (χ4n) is 2.91. The Kier molecular flexibility index (Phi) is 8.43. The number of oxazole rings is 1. The van der Waals surface area contributed by atoms with Crippen molar-refractivity contribution in [3.63, 3.8) is 0 Å². The molecule has 132 valence electrons. The van der Waals surface area contributed by atoms with Gasteiger partial charge in [-0.05, 0) is 12.8 Å². The van der Waals surface area contributed by atoms with Crippen LogP contribution in [0.25, 0.3) is 11.3 Å². The van der Waals surface area contributed by atoms with Gasteiger partial charge in [0.25, 0.3) is 6.01 Å². The molecule has 3 nitrogen and oxygen atoms in total. The average Bonchev–Trinajstić information content (AvgIpc) is 3.11. The first-order valence-corrected chi connectivity index (χ1v) is 9.61. The van der Waals surface area contributed by atoms with Crippen LogP contribution in [0.3, 0.4) is 0 Å². The minimum atomic E-state index is 0.779. The molecule has 2 rings (SSSR count). The van der Waals surface area contributed by atoms with Crippen molar-refractivity contribution in [3.05, 3.63) is 36.6 Å². The molecule has 0 aliphatic rings. The van der Waals surface area contributed by atoms with Crippen molar-refractivity contribution in [1.29, 1.82) is 0 Å². The van der Waals surface area contributed by atoms with Crippen LogP contribution >= 0.6 is 0 Å². The Balaban J connectivity index is 1.98. The van der Waals surface area contributed by atoms with Crippen molar-refractivity contribution in [1.82, 2.24) is 4.98 Å². The highest BCUT2D eigenvalue weighted by Gasteiger charge is 2.13. The summed E-state index contributed by atoms with van der Waals surface area (Å²) in [6.45, 7) is 6.59. The molecular formula is C21H32N2O. The lowest BCUT2D eigenvalue weighted by molar-refractivity contribution is 0.513. The Hall–Kier alpha value is -1.77. The molecule has 1 aromatic heterocycles. The van der Waals surface area contributed by atoms with Crippen LogP contribution in [-0.2, 0) is 0 Å². The molecular weight excluding hydrogens is 296 g/mol. The van der Waals surface area contributed by atoms with E-state index >= 15 is 0 Å². The second kappa shape index (κ2) is 10.9. The molecule has 0 saturated carbocycles. The van der Waals surface area contributed by atoms with Gasteiger partial charge in [-0.1, -0.05) is 82.7 Å². The zero-order valence-electron chi connectivity index (χ0n) is 15.3. The van der Waals surface area contributed by atoms with E-state index in [-0.39, 0.29) is 0 Å². The monoisotopic (exact) mass is 328 g/mol. The number of unbranched alkanes of at least 4 members (excludes halogenated alkanes) is 6. The Morgan fingerprint density at radius 1 is 0.833 bits per heavy atom. The lowest BCUT2D eigenvalue weighted by Crippen LogP contribution is -2.26. The minimum absolute atomic E-state index is 0.779. The van der Waals surface area contributed by atoms with Gasteiger partial charge >= 0.3 is 0 Å². The number of hydrogen-bond donors (Lipinski definition) is 0. The molecule has 24 heavy (non-hydrogen) atoms. The number of nitrogens with zero attached hydrogens (tertiary/aromatic N) is 2. The van der Waals surface area contributed by atoms with Gasteiger partial charge in [0.1, 0.15) is 12.0 Å². The van der Waals surface area contributed by atoms with Gasteiger partial charge in [0.15, 0.2) is 0 Å². The zero-order valence-corrected chi connectivity index (χ0v) is 15.3. The van der Waals surface area contributed by atoms with E-state index in [0.717, 1.165) is 30.4 Å². The fraction of sp³-hybridized carbons (Fsp3) is 0.571. The van der Waals surface area contributed by atoms with E-state index < -0.39 is 0 Å². The lowest BCUT2D eigenvalue weighted by atomic mass is 10.2. The van der Waals surface area contributed by atoms with E-state index in [0.29, 0.717) is 0 Å². The zero-order chi connectivity index (χ0) is 17.0. The van der Waals surface area contributed by atoms with E-state index in [4.69, 9.17) is 9.40 Å². The standard InChI is InChI=1S/C21H32N2O/c1-3-5-7-12-16-23(17-13-8-6-4-2)21-22-20(18-24-21)19-14-10-9-11-15-19/h9-11,14-15,18H,3-8,12-13,16-17H2,1-2H3. The summed E-state index contributed by atoms with van der Waals surface area (Å²) in [5.74, 6) is 0. The quantitative estimate of drug-likeness (QED) is 0.428. The minimum Gasteiger partial charge on any atom is -0.431 e. The van der Waals surface area contributed by atoms with Crippen LogP contribution in [0.15, 0.2) is 41.0 Å². The van der Waals surface area contributed by atoms with Crippen molar-refractivity contribution in [2.75, 3.05) is 18.0 Å². The molecule has 2 aromatic rings. The predicted octanol–water partition coefficient (Wildman–Crippen LogP) is 6.31. The summed E-state index contributed by atoms with van der Waals surface area (Å²) in [6.07, 6.45) is 11.9. The molecule has 0 atom stereocenters. The van der Waals surface area contributed by atoms with Gasteiger partial charge in [0.05, 0.1) is 0 Å². The molecule has 0 aliphatic heterocycles. The van der Waals surface area contributed by atoms with E-state index in [9.17, 15) is 0 Å². The number of hydrogen-bond acceptors (Lipinski definition) is 3. The summed E-state index contributed by atoms with van der Waals surface area (Å²) in [6, 6.07) is 11.0. The first-order chi connectivity index (χ1) is 11.8. The molecule has 0 N–H and O–H groups in total. The van der Waals surface area contributed by atoms with Crippen LogP contribution in [0.1, 0.15) is 65.2 Å². The summed E-state index contributed by atoms with van der Waals surface area (Å²) >= 11 is 0. The van der Waals surface area contributed by atoms with Gasteiger partial charge in [-0.15, -0.1) is 0 Å². The number of benzene rings is 1. The highest BCUT2D eigenvalue weighted by molar-refractivity contribution is 5.59. The Morgan fingerprint density at radius 3 is 2.04 bits per heavy atom. The Morgan fingerprint density at radius 2 is 1.46 bits per heavy atom. The molecule has 0 aliphatic carbocycles. The van der Waals surface area contributed by atoms with Crippen LogP contribution in [0.4, 0.5) is 6.01 Å². The van der Waals surface area contributed by atoms with Gasteiger partial charge in [-0.25, -0.2) is 0 Å². The van der Waals surface area contributed by atoms with Crippen molar-refractivity contribution in [2.24, 2.45) is 0 Å². The third-order valence-electron chi connectivity index (χ3n) is 4.40. The van der Waals surface area contributed by atoms with Gasteiger partial charge in [0, 0.05) is 18.7 Å². The maximum atomic E-state index is 5.81. The maximum Gasteiger partial charge on any atom is 0.297 e. The molecule has 0 saturated heterocycles. The molecule has 0 radical (unpaired) electrons. The van der Waals surface area contributed by atoms with Crippen molar-refractivity contribution < 1.29 is 4.42 Å². The Bertz CT molecular complexity index is 538. The Labute approximate surface area is 147 Å². The maximum absolute atomic E-state index is 5.81. The topological polar surface area (TPSA) is 29.3 Å². The molecule has 0 amide bonds. The first-order valence-electron chi connectivity index (χ1n) is 9.61. The van der Waals surface area contributed by atoms with Gasteiger partial charge in [-0.2, -0.15) is 4.98 Å². The summed E-state index contributed by atoms with van der Waals surface area (Å²) in [5.41, 5.74) is 2.04. The van der Waals surface area contributed by atoms with Crippen LogP contribution in [0.2, 0.25) is 0 Å². The largest absolute Gasteiger partial charge is 0.431 e. The van der Waals surface area contributed by atoms with Gasteiger partial charge in [0.2, 0.25) is 0 Å². The summed E-state index contributed by atoms with van der Waals surface area (Å²) in [5, 5.41) is 0. The number of anilines is 1. The fourth-order valence-corrected chi connectivity index (χ4v) is 2.91. The highest BCUT2D eigenvalue weighted by Crippen LogP contribution is 2.23. The summed E-state index contributed by atoms with van der Waals surface area (Å²) in [7, 11) is 0. The molecule has 0 bridgehead atoms. The molecule has 0 spiro atoms. The van der Waals surface area contributed by atoms with Gasteiger partial charge in [-0.3, -0.25) is 0 Å². The molecule has 0 unspecified atom stereocenters. The van der Waals surface area contributed by atoms with Crippen LogP contribution < -0.4 is 4.90 Å². The van der Waals surface area contributed by atoms with Crippen LogP contribution in [0, 0.1) is 0 Å². The lowest BCUT2D eigenvalue weighted by Gasteiger charge is -2.20. The highest BCUT2D eigenvalue weighted by atomic mass is 16.4. The summed E-state index contributed by atoms with van der Waals surface area (Å²) in [4.78, 5) is 7.07. The first kappa shape index (κ1) is 18.6. The SMILES string of the molecule is CCCCCCN(CCCCCC)c1nc(-c2ccccc2)co1. The van der Waals surface area contributed by atoms with Crippen LogP contribution in [0.5, 0.6) is 0 Å². The van der Waals surface area contributed by atoms with E-state index in [1.54, 1.807) is 6.26 Å². The second-order valence-corrected chi connectivity index (χ2v) is 6.49. The average molecular weight is 328 g/mol. The van der Waals surface area contributed by atoms with Gasteiger partial charge < -0.3 is 9.32 Å². The smallest absolute Gasteiger partial charge is 0.297 e. The van der Waals surface area contributed by atoms with Crippen molar-refractivity contribution >= 4 is 6.01 Å². The van der Waals surface area contributed by atoms with E-state index in [1.165, 1.54) is 51.4 Å². The third-order valence-corrected chi connectivity index (χ3v) is 4.40. The summed E-state index contributed by atoms with van der Waals surface area (Å²) < 4.78 is 5.81. The van der Waals surface area contributed by atoms with Crippen molar-refractivity contribution in [3.8, 4) is 11.3 Å². The predicted molar refractivity (Wildman–Crippen MR) is 102 cm³/mol. The molecule has 1 heterocycles. The second-order valence-electron chi connectivity index (χ2n) is 6.49. The van der Waals surface area contributed by atoms with E-state index in [2.05, 4.69) is 30.9 Å². The van der Waals surface area contributed by atoms with E-state index in [1.807, 2.05) is 18.2 Å². The van der Waals surface area contributed by atoms with Crippen molar-refractivity contribution in [2.45, 2.75) is 65.2 Å². The van der Waals surface area contributed by atoms with Crippen LogP contribution in [-0.4, -0.2) is 18.1 Å². The molecule has 1 aromatic carbocycles. The number of rotatable bonds is 12. The number of aromatic nitrogens is 1. The molecule has 3 heteroatoms. The molecule has 0 fully saturated rings.